The first-order chi connectivity index (χ1) is 13.2. The number of phenolic OH excluding ortho intramolecular Hbond substituents is 1. The molecule has 0 fully saturated rings. The summed E-state index contributed by atoms with van der Waals surface area (Å²) in [4.78, 5) is 11.9. The second kappa shape index (κ2) is 9.47. The lowest BCUT2D eigenvalue weighted by Crippen LogP contribution is -2.31. The van der Waals surface area contributed by atoms with Gasteiger partial charge in [-0.05, 0) is 31.2 Å². The van der Waals surface area contributed by atoms with Crippen LogP contribution in [-0.2, 0) is 19.6 Å². The fourth-order valence-corrected chi connectivity index (χ4v) is 4.24. The molecule has 1 unspecified atom stereocenters. The maximum Gasteiger partial charge on any atom is 0.307 e. The lowest BCUT2D eigenvalue weighted by atomic mass is 10.0. The number of ether oxygens (including phenoxy) is 2. The lowest BCUT2D eigenvalue weighted by Gasteiger charge is -2.20. The van der Waals surface area contributed by atoms with E-state index in [1.807, 2.05) is 0 Å². The van der Waals surface area contributed by atoms with Crippen molar-refractivity contribution in [3.8, 4) is 11.5 Å². The molecule has 0 aliphatic rings. The Hall–Kier alpha value is -2.00. The first kappa shape index (κ1) is 22.3. The molecule has 0 bridgehead atoms. The Balaban J connectivity index is 2.46. The SMILES string of the molecule is CCOC(=O)CC(NS(=O)(=O)c1cccc(OC)c1)c1cc(Cl)cc(Cl)c1O. The molecule has 2 aromatic rings. The smallest absolute Gasteiger partial charge is 0.307 e. The van der Waals surface area contributed by atoms with Gasteiger partial charge in [-0.25, -0.2) is 13.1 Å². The van der Waals surface area contributed by atoms with E-state index in [1.165, 1.54) is 37.4 Å². The molecule has 2 rings (SSSR count). The Bertz CT molecular complexity index is 965. The molecule has 0 amide bonds. The minimum atomic E-state index is -4.08. The molecule has 0 aromatic heterocycles. The van der Waals surface area contributed by atoms with Crippen LogP contribution in [0.3, 0.4) is 0 Å². The normalized spacial score (nSPS) is 12.4. The van der Waals surface area contributed by atoms with E-state index in [-0.39, 0.29) is 39.3 Å². The topological polar surface area (TPSA) is 102 Å². The molecule has 10 heteroatoms. The van der Waals surface area contributed by atoms with Crippen LogP contribution in [0.4, 0.5) is 0 Å². The van der Waals surface area contributed by atoms with E-state index >= 15 is 0 Å². The summed E-state index contributed by atoms with van der Waals surface area (Å²) in [6.07, 6.45) is -0.374. The van der Waals surface area contributed by atoms with Crippen LogP contribution in [0.15, 0.2) is 41.3 Å². The summed E-state index contributed by atoms with van der Waals surface area (Å²) in [5.41, 5.74) is 0.0528. The number of halogens is 2. The van der Waals surface area contributed by atoms with Crippen LogP contribution >= 0.6 is 23.2 Å². The van der Waals surface area contributed by atoms with Gasteiger partial charge in [0.2, 0.25) is 10.0 Å². The fourth-order valence-electron chi connectivity index (χ4n) is 2.48. The number of benzene rings is 2. The zero-order valence-electron chi connectivity index (χ0n) is 15.1. The van der Waals surface area contributed by atoms with Crippen molar-refractivity contribution in [2.45, 2.75) is 24.3 Å². The number of carbonyl (C=O) groups excluding carboxylic acids is 1. The third-order valence-electron chi connectivity index (χ3n) is 3.76. The summed E-state index contributed by atoms with van der Waals surface area (Å²) < 4.78 is 38.0. The highest BCUT2D eigenvalue weighted by molar-refractivity contribution is 7.89. The molecule has 2 N–H and O–H groups in total. The van der Waals surface area contributed by atoms with Crippen LogP contribution in [0.2, 0.25) is 10.0 Å². The largest absolute Gasteiger partial charge is 0.506 e. The summed E-state index contributed by atoms with van der Waals surface area (Å²) >= 11 is 11.9. The van der Waals surface area contributed by atoms with Crippen LogP contribution in [0.5, 0.6) is 11.5 Å². The van der Waals surface area contributed by atoms with Gasteiger partial charge in [-0.15, -0.1) is 0 Å². The number of hydrogen-bond donors (Lipinski definition) is 2. The van der Waals surface area contributed by atoms with Crippen molar-refractivity contribution < 1.29 is 27.8 Å². The van der Waals surface area contributed by atoms with Crippen molar-refractivity contribution in [3.05, 3.63) is 52.0 Å². The number of rotatable bonds is 8. The van der Waals surface area contributed by atoms with Gasteiger partial charge in [0.05, 0.1) is 36.1 Å². The number of methoxy groups -OCH3 is 1. The predicted octanol–water partition coefficient (Wildman–Crippen LogP) is 3.68. The zero-order chi connectivity index (χ0) is 20.9. The van der Waals surface area contributed by atoms with Crippen LogP contribution in [0.1, 0.15) is 24.9 Å². The highest BCUT2D eigenvalue weighted by Crippen LogP contribution is 2.37. The average Bonchev–Trinajstić information content (AvgIpc) is 2.64. The third-order valence-corrected chi connectivity index (χ3v) is 5.73. The Labute approximate surface area is 173 Å². The van der Waals surface area contributed by atoms with Gasteiger partial charge in [0.15, 0.2) is 0 Å². The Morgan fingerprint density at radius 3 is 2.61 bits per heavy atom. The average molecular weight is 448 g/mol. The number of hydrogen-bond acceptors (Lipinski definition) is 6. The standard InChI is InChI=1S/C18H19Cl2NO6S/c1-3-27-17(22)10-16(14-7-11(19)8-15(20)18(14)23)21-28(24,25)13-6-4-5-12(9-13)26-2/h4-9,16,21,23H,3,10H2,1-2H3. The van der Waals surface area contributed by atoms with Gasteiger partial charge in [-0.1, -0.05) is 29.3 Å². The quantitative estimate of drug-likeness (QED) is 0.598. The molecule has 0 radical (unpaired) electrons. The summed E-state index contributed by atoms with van der Waals surface area (Å²) in [6.45, 7) is 1.75. The third kappa shape index (κ3) is 5.51. The van der Waals surface area contributed by atoms with Gasteiger partial charge >= 0.3 is 5.97 Å². The van der Waals surface area contributed by atoms with Gasteiger partial charge < -0.3 is 14.6 Å². The number of sulfonamides is 1. The number of aromatic hydroxyl groups is 1. The van der Waals surface area contributed by atoms with Crippen molar-refractivity contribution in [1.29, 1.82) is 0 Å². The minimum absolute atomic E-state index is 0.0528. The zero-order valence-corrected chi connectivity index (χ0v) is 17.4. The van der Waals surface area contributed by atoms with Crippen LogP contribution in [0, 0.1) is 0 Å². The minimum Gasteiger partial charge on any atom is -0.506 e. The highest BCUT2D eigenvalue weighted by Gasteiger charge is 2.28. The van der Waals surface area contributed by atoms with Crippen molar-refractivity contribution >= 4 is 39.2 Å². The molecule has 0 saturated heterocycles. The van der Waals surface area contributed by atoms with Gasteiger partial charge in [0, 0.05) is 16.7 Å². The van der Waals surface area contributed by atoms with E-state index in [1.54, 1.807) is 13.0 Å². The monoisotopic (exact) mass is 447 g/mol. The summed E-state index contributed by atoms with van der Waals surface area (Å²) in [5, 5.41) is 10.4. The first-order valence-corrected chi connectivity index (χ1v) is 10.4. The maximum absolute atomic E-state index is 12.8. The molecular weight excluding hydrogens is 429 g/mol. The second-order valence-corrected chi connectivity index (χ2v) is 8.25. The van der Waals surface area contributed by atoms with E-state index in [0.29, 0.717) is 5.75 Å². The lowest BCUT2D eigenvalue weighted by molar-refractivity contribution is -0.143. The van der Waals surface area contributed by atoms with Crippen LogP contribution in [-0.4, -0.2) is 33.2 Å². The first-order valence-electron chi connectivity index (χ1n) is 8.17. The molecule has 0 heterocycles. The predicted molar refractivity (Wildman–Crippen MR) is 105 cm³/mol. The van der Waals surface area contributed by atoms with Gasteiger partial charge in [0.25, 0.3) is 0 Å². The number of carbonyl (C=O) groups is 1. The van der Waals surface area contributed by atoms with Gasteiger partial charge in [-0.3, -0.25) is 4.79 Å². The van der Waals surface area contributed by atoms with E-state index in [9.17, 15) is 18.3 Å². The molecule has 152 valence electrons. The number of nitrogens with one attached hydrogen (secondary N) is 1. The molecule has 28 heavy (non-hydrogen) atoms. The molecule has 0 saturated carbocycles. The van der Waals surface area contributed by atoms with Crippen molar-refractivity contribution in [2.75, 3.05) is 13.7 Å². The fraction of sp³-hybridized carbons (Fsp3) is 0.278. The Morgan fingerprint density at radius 2 is 1.96 bits per heavy atom. The van der Waals surface area contributed by atoms with Crippen molar-refractivity contribution in [1.82, 2.24) is 4.72 Å². The molecule has 7 nitrogen and oxygen atoms in total. The van der Waals surface area contributed by atoms with Crippen molar-refractivity contribution in [3.63, 3.8) is 0 Å². The number of phenols is 1. The van der Waals surface area contributed by atoms with Crippen LogP contribution in [0.25, 0.3) is 0 Å². The Kier molecular flexibility index (Phi) is 7.54. The van der Waals surface area contributed by atoms with E-state index in [0.717, 1.165) is 0 Å². The maximum atomic E-state index is 12.8. The van der Waals surface area contributed by atoms with Gasteiger partial charge in [-0.2, -0.15) is 0 Å². The van der Waals surface area contributed by atoms with Gasteiger partial charge in [0.1, 0.15) is 11.5 Å². The molecule has 0 spiro atoms. The summed E-state index contributed by atoms with van der Waals surface area (Å²) in [7, 11) is -2.67. The summed E-state index contributed by atoms with van der Waals surface area (Å²) in [6, 6.07) is 7.29. The van der Waals surface area contributed by atoms with Crippen LogP contribution < -0.4 is 9.46 Å². The molecule has 1 atom stereocenters. The Morgan fingerprint density at radius 1 is 1.25 bits per heavy atom. The molecule has 0 aliphatic heterocycles. The molecular formula is C18H19Cl2NO6S. The van der Waals surface area contributed by atoms with Crippen molar-refractivity contribution in [2.24, 2.45) is 0 Å². The second-order valence-electron chi connectivity index (χ2n) is 5.69. The molecule has 2 aromatic carbocycles. The van der Waals surface area contributed by atoms with E-state index in [4.69, 9.17) is 32.7 Å². The molecule has 0 aliphatic carbocycles. The highest BCUT2D eigenvalue weighted by atomic mass is 35.5. The number of esters is 1. The van der Waals surface area contributed by atoms with E-state index < -0.39 is 22.0 Å². The summed E-state index contributed by atoms with van der Waals surface area (Å²) in [5.74, 6) is -0.691. The van der Waals surface area contributed by atoms with E-state index in [2.05, 4.69) is 4.72 Å².